The number of Topliss-reactive ketones (excluding diaryl/α,β-unsaturated/α-hetero) is 1. The summed E-state index contributed by atoms with van der Waals surface area (Å²) in [5, 5.41) is 5.98. The monoisotopic (exact) mass is 813 g/mol. The molecule has 3 amide bonds. The molecular formula is C44H72N6O6S. The Morgan fingerprint density at radius 2 is 1.68 bits per heavy atom. The third-order valence-corrected chi connectivity index (χ3v) is 13.0. The van der Waals surface area contributed by atoms with Crippen molar-refractivity contribution < 1.29 is 28.7 Å². The van der Waals surface area contributed by atoms with Crippen molar-refractivity contribution in [2.24, 2.45) is 35.3 Å². The van der Waals surface area contributed by atoms with Crippen LogP contribution >= 0.6 is 11.3 Å². The molecule has 320 valence electrons. The summed E-state index contributed by atoms with van der Waals surface area (Å²) in [5.41, 5.74) is 6.92. The maximum Gasteiger partial charge on any atom is 0.226 e. The summed E-state index contributed by atoms with van der Waals surface area (Å²) >= 11 is 1.51. The van der Waals surface area contributed by atoms with Gasteiger partial charge in [-0.2, -0.15) is 0 Å². The van der Waals surface area contributed by atoms with Crippen molar-refractivity contribution >= 4 is 34.8 Å². The highest BCUT2D eigenvalue weighted by molar-refractivity contribution is 7.09. The van der Waals surface area contributed by atoms with Crippen LogP contribution in [0, 0.1) is 29.6 Å². The summed E-state index contributed by atoms with van der Waals surface area (Å²) in [7, 11) is 6.89. The van der Waals surface area contributed by atoms with Crippen molar-refractivity contribution in [2.75, 3.05) is 47.9 Å². The van der Waals surface area contributed by atoms with Crippen molar-refractivity contribution in [3.05, 3.63) is 52.5 Å². The van der Waals surface area contributed by atoms with Crippen molar-refractivity contribution in [3.8, 4) is 0 Å². The molecular weight excluding hydrogens is 741 g/mol. The number of ether oxygens (including phenoxy) is 2. The molecule has 2 aromatic rings. The molecule has 0 bridgehead atoms. The molecule has 1 aromatic heterocycles. The van der Waals surface area contributed by atoms with Gasteiger partial charge in [-0.3, -0.25) is 24.1 Å². The molecule has 57 heavy (non-hydrogen) atoms. The van der Waals surface area contributed by atoms with Gasteiger partial charge in [0.05, 0.1) is 48.7 Å². The predicted molar refractivity (Wildman–Crippen MR) is 228 cm³/mol. The highest BCUT2D eigenvalue weighted by atomic mass is 32.1. The number of rotatable bonds is 24. The van der Waals surface area contributed by atoms with E-state index >= 15 is 0 Å². The minimum atomic E-state index is -0.593. The fraction of sp³-hybridized carbons (Fsp3) is 0.705. The Hall–Kier alpha value is -3.23. The van der Waals surface area contributed by atoms with E-state index in [4.69, 9.17) is 15.2 Å². The third kappa shape index (κ3) is 12.9. The molecule has 1 aromatic carbocycles. The van der Waals surface area contributed by atoms with Crippen LogP contribution in [0.25, 0.3) is 0 Å². The van der Waals surface area contributed by atoms with Crippen LogP contribution in [0.15, 0.2) is 41.9 Å². The first-order valence-electron chi connectivity index (χ1n) is 20.9. The van der Waals surface area contributed by atoms with Crippen molar-refractivity contribution in [2.45, 2.75) is 123 Å². The number of carbonyl (C=O) groups excluding carboxylic acids is 4. The fourth-order valence-corrected chi connectivity index (χ4v) is 9.43. The number of methoxy groups -OCH3 is 2. The van der Waals surface area contributed by atoms with E-state index in [9.17, 15) is 19.2 Å². The second-order valence-electron chi connectivity index (χ2n) is 16.7. The Morgan fingerprint density at radius 3 is 2.23 bits per heavy atom. The zero-order valence-corrected chi connectivity index (χ0v) is 37.3. The van der Waals surface area contributed by atoms with Gasteiger partial charge in [0.15, 0.2) is 5.78 Å². The molecule has 0 radical (unpaired) electrons. The van der Waals surface area contributed by atoms with E-state index in [0.29, 0.717) is 32.5 Å². The topological polar surface area (TPSA) is 147 Å². The second-order valence-corrected chi connectivity index (χ2v) is 17.6. The molecule has 12 nitrogen and oxygen atoms in total. The maximum atomic E-state index is 14.4. The minimum absolute atomic E-state index is 0.00537. The molecule has 0 saturated carbocycles. The average molecular weight is 813 g/mol. The fourth-order valence-electron chi connectivity index (χ4n) is 8.74. The Kier molecular flexibility index (Phi) is 19.7. The lowest BCUT2D eigenvalue weighted by Crippen LogP contribution is -2.54. The summed E-state index contributed by atoms with van der Waals surface area (Å²) in [6.07, 6.45) is 3.65. The molecule has 3 rings (SSSR count). The first kappa shape index (κ1) is 48.1. The lowest BCUT2D eigenvalue weighted by atomic mass is 9.83. The van der Waals surface area contributed by atoms with Gasteiger partial charge in [-0.25, -0.2) is 4.98 Å². The Morgan fingerprint density at radius 1 is 1.00 bits per heavy atom. The molecule has 1 aliphatic rings. The van der Waals surface area contributed by atoms with Crippen LogP contribution in [-0.2, 0) is 35.1 Å². The highest BCUT2D eigenvalue weighted by Gasteiger charge is 2.43. The number of benzene rings is 1. The van der Waals surface area contributed by atoms with Gasteiger partial charge in [0, 0.05) is 64.8 Å². The molecule has 9 atom stereocenters. The zero-order chi connectivity index (χ0) is 42.4. The van der Waals surface area contributed by atoms with Gasteiger partial charge in [-0.05, 0) is 49.6 Å². The van der Waals surface area contributed by atoms with Crippen LogP contribution in [-0.4, -0.2) is 121 Å². The standard InChI is InChI=1S/C44H72N6O6S/c1-12-30(6)40(49(9)44(54)33(28(2)3)26-36(51)39(29(4)5)48(8)23-20-45)37(55-10)27-38(52)50-22-16-19-35(50)41(56-11)31(7)42(53)47-34(43-46-21-24-57-43)25-32-17-14-13-15-18-32/h13-15,17-18,21,24,28-31,33-35,37,39-41H,12,16,19-20,22-23,25-27,45H2,1-11H3,(H,47,53)/t30-,31+,33-,34-,35-,37+,39-,40?,41+/m0/s1. The van der Waals surface area contributed by atoms with Gasteiger partial charge in [-0.15, -0.1) is 11.3 Å². The SMILES string of the molecule is CC[C@H](C)C([C@@H](CC(=O)N1CCC[C@H]1[C@H](OC)[C@@H](C)C(=O)N[C@@H](Cc1ccccc1)c1nccs1)OC)N(C)C(=O)[C@@H](CC(=O)[C@H](C(C)C)N(C)CCN)C(C)C. The maximum absolute atomic E-state index is 14.4. The number of nitrogens with zero attached hydrogens (tertiary/aromatic N) is 4. The van der Waals surface area contributed by atoms with Crippen LogP contribution in [0.2, 0.25) is 0 Å². The van der Waals surface area contributed by atoms with E-state index in [1.54, 1.807) is 32.4 Å². The average Bonchev–Trinajstić information content (AvgIpc) is 3.90. The first-order chi connectivity index (χ1) is 27.1. The van der Waals surface area contributed by atoms with Crippen LogP contribution in [0.3, 0.4) is 0 Å². The number of likely N-dealkylation sites (tertiary alicyclic amines) is 1. The zero-order valence-electron chi connectivity index (χ0n) is 36.5. The van der Waals surface area contributed by atoms with Crippen molar-refractivity contribution in [1.82, 2.24) is 25.0 Å². The molecule has 13 heteroatoms. The molecule has 1 fully saturated rings. The Bertz CT molecular complexity index is 1530. The summed E-state index contributed by atoms with van der Waals surface area (Å²) < 4.78 is 12.1. The van der Waals surface area contributed by atoms with Gasteiger partial charge in [0.25, 0.3) is 0 Å². The van der Waals surface area contributed by atoms with E-state index in [2.05, 4.69) is 24.1 Å². The van der Waals surface area contributed by atoms with Crippen LogP contribution in [0.1, 0.15) is 97.2 Å². The molecule has 1 unspecified atom stereocenters. The lowest BCUT2D eigenvalue weighted by molar-refractivity contribution is -0.149. The number of hydrogen-bond donors (Lipinski definition) is 2. The van der Waals surface area contributed by atoms with Gasteiger partial charge in [-0.1, -0.05) is 85.2 Å². The summed E-state index contributed by atoms with van der Waals surface area (Å²) in [6, 6.07) is 8.66. The van der Waals surface area contributed by atoms with Gasteiger partial charge in [0.1, 0.15) is 5.01 Å². The van der Waals surface area contributed by atoms with Gasteiger partial charge >= 0.3 is 0 Å². The van der Waals surface area contributed by atoms with Crippen molar-refractivity contribution in [1.29, 1.82) is 0 Å². The van der Waals surface area contributed by atoms with E-state index in [1.165, 1.54) is 11.3 Å². The van der Waals surface area contributed by atoms with Gasteiger partial charge in [0.2, 0.25) is 17.7 Å². The Balaban J connectivity index is 1.79. The first-order valence-corrected chi connectivity index (χ1v) is 21.8. The number of amides is 3. The molecule has 0 aliphatic carbocycles. The molecule has 3 N–H and O–H groups in total. The number of thiazole rings is 1. The minimum Gasteiger partial charge on any atom is -0.379 e. The normalized spacial score (nSPS) is 18.9. The number of aromatic nitrogens is 1. The van der Waals surface area contributed by atoms with Crippen molar-refractivity contribution in [3.63, 3.8) is 0 Å². The molecule has 1 aliphatic heterocycles. The lowest BCUT2D eigenvalue weighted by Gasteiger charge is -2.41. The summed E-state index contributed by atoms with van der Waals surface area (Å²) in [6.45, 7) is 15.6. The second kappa shape index (κ2) is 23.4. The summed E-state index contributed by atoms with van der Waals surface area (Å²) in [4.78, 5) is 66.6. The number of nitrogens with two attached hydrogens (primary N) is 1. The Labute approximate surface area is 346 Å². The van der Waals surface area contributed by atoms with Crippen LogP contribution < -0.4 is 11.1 Å². The molecule has 1 saturated heterocycles. The predicted octanol–water partition coefficient (Wildman–Crippen LogP) is 5.61. The van der Waals surface area contributed by atoms with E-state index in [0.717, 1.165) is 23.4 Å². The van der Waals surface area contributed by atoms with E-state index < -0.39 is 30.1 Å². The smallest absolute Gasteiger partial charge is 0.226 e. The van der Waals surface area contributed by atoms with E-state index in [-0.39, 0.29) is 72.2 Å². The van der Waals surface area contributed by atoms with Crippen LogP contribution in [0.4, 0.5) is 0 Å². The number of likely N-dealkylation sites (N-methyl/N-ethyl adjacent to an activating group) is 2. The number of carbonyl (C=O) groups is 4. The number of hydrogen-bond acceptors (Lipinski definition) is 10. The third-order valence-electron chi connectivity index (χ3n) is 12.1. The molecule has 0 spiro atoms. The largest absolute Gasteiger partial charge is 0.379 e. The van der Waals surface area contributed by atoms with E-state index in [1.807, 2.05) is 87.2 Å². The highest BCUT2D eigenvalue weighted by Crippen LogP contribution is 2.32. The number of ketones is 1. The quantitative estimate of drug-likeness (QED) is 0.138. The number of nitrogens with one attached hydrogen (secondary N) is 1. The van der Waals surface area contributed by atoms with Crippen LogP contribution in [0.5, 0.6) is 0 Å². The summed E-state index contributed by atoms with van der Waals surface area (Å²) in [5.74, 6) is -1.44. The molecule has 2 heterocycles. The van der Waals surface area contributed by atoms with Gasteiger partial charge < -0.3 is 30.3 Å².